The number of hydrogen-bond donors (Lipinski definition) is 2. The van der Waals surface area contributed by atoms with Crippen LogP contribution in [0.4, 0.5) is 20.3 Å². The third-order valence-corrected chi connectivity index (χ3v) is 8.24. The van der Waals surface area contributed by atoms with Gasteiger partial charge in [-0.3, -0.25) is 4.79 Å². The molecule has 0 radical (unpaired) electrons. The Labute approximate surface area is 239 Å². The number of benzene rings is 3. The second kappa shape index (κ2) is 11.8. The van der Waals surface area contributed by atoms with Crippen molar-refractivity contribution in [2.24, 2.45) is 0 Å². The Bertz CT molecular complexity index is 1550. The van der Waals surface area contributed by atoms with E-state index in [4.69, 9.17) is 0 Å². The molecule has 4 aromatic rings. The summed E-state index contributed by atoms with van der Waals surface area (Å²) in [5, 5.41) is 6.43. The van der Waals surface area contributed by atoms with Crippen molar-refractivity contribution >= 4 is 17.4 Å². The highest BCUT2D eigenvalue weighted by molar-refractivity contribution is 5.94. The number of aromatic nitrogens is 2. The molecule has 1 aliphatic heterocycles. The summed E-state index contributed by atoms with van der Waals surface area (Å²) in [4.78, 5) is 20.2. The molecule has 212 valence electrons. The molecular weight excluding hydrogens is 520 g/mol. The summed E-state index contributed by atoms with van der Waals surface area (Å²) in [6, 6.07) is 18.7. The van der Waals surface area contributed by atoms with E-state index >= 15 is 0 Å². The van der Waals surface area contributed by atoms with E-state index in [2.05, 4.69) is 56.9 Å². The van der Waals surface area contributed by atoms with Crippen LogP contribution in [0, 0.1) is 11.6 Å². The molecule has 2 N–H and O–H groups in total. The smallest absolute Gasteiger partial charge is 0.242 e. The first kappa shape index (κ1) is 27.1. The number of halogens is 2. The Morgan fingerprint density at radius 1 is 1.05 bits per heavy atom. The molecule has 2 aliphatic rings. The predicted octanol–water partition coefficient (Wildman–Crippen LogP) is 5.97. The first-order valence-corrected chi connectivity index (χ1v) is 14.5. The van der Waals surface area contributed by atoms with Crippen molar-refractivity contribution in [2.75, 3.05) is 16.8 Å². The zero-order valence-electron chi connectivity index (χ0n) is 23.2. The highest BCUT2D eigenvalue weighted by Gasteiger charge is 2.27. The standard InChI is InChI=1S/C33H35F2N5O/c1-2-7-29(37-26-13-12-23-16-25(34)17-28(35)27(23)18-26)33(41)38-32-20-40(21-36-32)31-11-6-4-9-24(31)19-39-15-14-22-8-3-5-10-30(22)39/h3-6,8-11,16-17,20-21,26,29,37H,2,7,12-15,18-19H2,1H3,(H,38,41)/t26-,29+/m0/s1. The third kappa shape index (κ3) is 5.88. The summed E-state index contributed by atoms with van der Waals surface area (Å²) in [6.07, 6.45) is 7.81. The van der Waals surface area contributed by atoms with E-state index in [0.717, 1.165) is 49.7 Å². The third-order valence-electron chi connectivity index (χ3n) is 8.24. The summed E-state index contributed by atoms with van der Waals surface area (Å²) < 4.78 is 30.0. The number of carbonyl (C=O) groups is 1. The van der Waals surface area contributed by atoms with E-state index < -0.39 is 17.7 Å². The number of imidazole rings is 1. The van der Waals surface area contributed by atoms with Crippen molar-refractivity contribution in [2.45, 2.75) is 64.1 Å². The average molecular weight is 556 g/mol. The lowest BCUT2D eigenvalue weighted by Gasteiger charge is -2.29. The molecule has 8 heteroatoms. The summed E-state index contributed by atoms with van der Waals surface area (Å²) in [7, 11) is 0. The van der Waals surface area contributed by atoms with Gasteiger partial charge in [-0.25, -0.2) is 13.8 Å². The van der Waals surface area contributed by atoms with Gasteiger partial charge in [-0.15, -0.1) is 0 Å². The van der Waals surface area contributed by atoms with E-state index in [0.29, 0.717) is 30.6 Å². The Kier molecular flexibility index (Phi) is 7.83. The van der Waals surface area contributed by atoms with E-state index in [9.17, 15) is 13.6 Å². The zero-order chi connectivity index (χ0) is 28.3. The van der Waals surface area contributed by atoms with Crippen molar-refractivity contribution in [3.05, 3.63) is 107 Å². The number of para-hydroxylation sites is 2. The van der Waals surface area contributed by atoms with Gasteiger partial charge in [0.25, 0.3) is 0 Å². The van der Waals surface area contributed by atoms with Crippen molar-refractivity contribution in [3.8, 4) is 5.69 Å². The van der Waals surface area contributed by atoms with Crippen molar-refractivity contribution < 1.29 is 13.6 Å². The quantitative estimate of drug-likeness (QED) is 0.267. The second-order valence-corrected chi connectivity index (χ2v) is 11.1. The molecule has 1 aliphatic carbocycles. The maximum Gasteiger partial charge on any atom is 0.242 e. The molecule has 0 saturated carbocycles. The number of fused-ring (bicyclic) bond motifs is 2. The molecule has 41 heavy (non-hydrogen) atoms. The Morgan fingerprint density at radius 2 is 1.85 bits per heavy atom. The van der Waals surface area contributed by atoms with Crippen molar-refractivity contribution in [3.63, 3.8) is 0 Å². The lowest BCUT2D eigenvalue weighted by atomic mass is 9.87. The van der Waals surface area contributed by atoms with Crippen LogP contribution in [-0.2, 0) is 30.6 Å². The molecule has 0 fully saturated rings. The molecule has 1 aromatic heterocycles. The molecule has 2 heterocycles. The zero-order valence-corrected chi connectivity index (χ0v) is 23.2. The van der Waals surface area contributed by atoms with Gasteiger partial charge >= 0.3 is 0 Å². The van der Waals surface area contributed by atoms with Crippen LogP contribution in [0.3, 0.4) is 0 Å². The fraction of sp³-hybridized carbons (Fsp3) is 0.333. The molecule has 6 rings (SSSR count). The first-order chi connectivity index (χ1) is 20.0. The number of rotatable bonds is 9. The normalized spacial score (nSPS) is 16.8. The largest absolute Gasteiger partial charge is 0.367 e. The van der Waals surface area contributed by atoms with Gasteiger partial charge in [0.15, 0.2) is 5.82 Å². The monoisotopic (exact) mass is 555 g/mol. The minimum Gasteiger partial charge on any atom is -0.367 e. The number of carbonyl (C=O) groups excluding carboxylic acids is 1. The number of aryl methyl sites for hydroxylation is 1. The minimum atomic E-state index is -0.542. The fourth-order valence-corrected chi connectivity index (χ4v) is 6.20. The Balaban J connectivity index is 1.13. The van der Waals surface area contributed by atoms with E-state index in [1.807, 2.05) is 29.8 Å². The van der Waals surface area contributed by atoms with Gasteiger partial charge in [0, 0.05) is 30.9 Å². The van der Waals surface area contributed by atoms with Crippen molar-refractivity contribution in [1.29, 1.82) is 0 Å². The maximum absolute atomic E-state index is 14.4. The molecule has 3 aromatic carbocycles. The summed E-state index contributed by atoms with van der Waals surface area (Å²) in [5.74, 6) is -0.735. The summed E-state index contributed by atoms with van der Waals surface area (Å²) in [5.41, 5.74) is 6.12. The molecule has 0 bridgehead atoms. The van der Waals surface area contributed by atoms with Gasteiger partial charge < -0.3 is 20.1 Å². The van der Waals surface area contributed by atoms with Crippen LogP contribution in [0.5, 0.6) is 0 Å². The molecule has 0 spiro atoms. The van der Waals surface area contributed by atoms with Gasteiger partial charge in [-0.1, -0.05) is 49.7 Å². The summed E-state index contributed by atoms with van der Waals surface area (Å²) >= 11 is 0. The van der Waals surface area contributed by atoms with Crippen LogP contribution in [-0.4, -0.2) is 34.1 Å². The fourth-order valence-electron chi connectivity index (χ4n) is 6.20. The number of amides is 1. The van der Waals surface area contributed by atoms with Crippen LogP contribution in [0.2, 0.25) is 0 Å². The average Bonchev–Trinajstić information content (AvgIpc) is 3.60. The first-order valence-electron chi connectivity index (χ1n) is 14.5. The highest BCUT2D eigenvalue weighted by atomic mass is 19.1. The lowest BCUT2D eigenvalue weighted by Crippen LogP contribution is -2.48. The summed E-state index contributed by atoms with van der Waals surface area (Å²) in [6.45, 7) is 3.80. The minimum absolute atomic E-state index is 0.0649. The van der Waals surface area contributed by atoms with Crippen LogP contribution < -0.4 is 15.5 Å². The topological polar surface area (TPSA) is 62.2 Å². The number of nitrogens with zero attached hydrogens (tertiary/aromatic N) is 3. The molecule has 0 saturated heterocycles. The molecule has 2 atom stereocenters. The molecular formula is C33H35F2N5O. The van der Waals surface area contributed by atoms with E-state index in [-0.39, 0.29) is 11.9 Å². The second-order valence-electron chi connectivity index (χ2n) is 11.1. The van der Waals surface area contributed by atoms with Crippen LogP contribution >= 0.6 is 0 Å². The number of hydrogen-bond acceptors (Lipinski definition) is 4. The number of nitrogens with one attached hydrogen (secondary N) is 2. The van der Waals surface area contributed by atoms with Gasteiger partial charge in [-0.05, 0) is 72.6 Å². The number of anilines is 2. The van der Waals surface area contributed by atoms with Crippen LogP contribution in [0.25, 0.3) is 5.69 Å². The maximum atomic E-state index is 14.4. The Hall–Kier alpha value is -4.04. The van der Waals surface area contributed by atoms with Crippen LogP contribution in [0.15, 0.2) is 73.2 Å². The highest BCUT2D eigenvalue weighted by Crippen LogP contribution is 2.30. The van der Waals surface area contributed by atoms with Crippen LogP contribution in [0.1, 0.15) is 48.4 Å². The Morgan fingerprint density at radius 3 is 2.71 bits per heavy atom. The van der Waals surface area contributed by atoms with E-state index in [1.54, 1.807) is 6.33 Å². The van der Waals surface area contributed by atoms with Gasteiger partial charge in [0.05, 0.1) is 17.9 Å². The molecule has 0 unspecified atom stereocenters. The lowest BCUT2D eigenvalue weighted by molar-refractivity contribution is -0.118. The van der Waals surface area contributed by atoms with Gasteiger partial charge in [0.2, 0.25) is 5.91 Å². The predicted molar refractivity (Wildman–Crippen MR) is 157 cm³/mol. The van der Waals surface area contributed by atoms with Gasteiger partial charge in [-0.2, -0.15) is 0 Å². The van der Waals surface area contributed by atoms with Crippen molar-refractivity contribution in [1.82, 2.24) is 14.9 Å². The van der Waals surface area contributed by atoms with Gasteiger partial charge in [0.1, 0.15) is 18.0 Å². The molecule has 1 amide bonds. The molecule has 6 nitrogen and oxygen atoms in total. The van der Waals surface area contributed by atoms with E-state index in [1.165, 1.54) is 22.9 Å². The SMILES string of the molecule is CCC[C@@H](N[C@H]1CCc2cc(F)cc(F)c2C1)C(=O)Nc1cn(-c2ccccc2CN2CCc3ccccc32)cn1.